The molecular weight excluding hydrogens is 208 g/mol. The number of hydrogen-bond donors (Lipinski definition) is 1. The lowest BCUT2D eigenvalue weighted by Gasteiger charge is -2.45. The number of nitrogens with two attached hydrogens (primary N) is 1. The van der Waals surface area contributed by atoms with Crippen molar-refractivity contribution in [1.82, 2.24) is 4.90 Å². The minimum absolute atomic E-state index is 0.433. The molecule has 2 nitrogen and oxygen atoms in total. The van der Waals surface area contributed by atoms with Crippen LogP contribution in [0.15, 0.2) is 0 Å². The molecule has 0 bridgehead atoms. The van der Waals surface area contributed by atoms with Gasteiger partial charge in [-0.15, -0.1) is 0 Å². The van der Waals surface area contributed by atoms with Crippen LogP contribution in [0.3, 0.4) is 0 Å². The van der Waals surface area contributed by atoms with Gasteiger partial charge in [-0.3, -0.25) is 4.90 Å². The second-order valence-electron chi connectivity index (χ2n) is 7.51. The molecule has 0 amide bonds. The molecule has 3 rings (SSSR count). The van der Waals surface area contributed by atoms with Crippen LogP contribution in [0.25, 0.3) is 0 Å². The molecular formula is C15H28N2. The summed E-state index contributed by atoms with van der Waals surface area (Å²) in [6, 6.07) is 2.00. The van der Waals surface area contributed by atoms with E-state index in [1.807, 2.05) is 0 Å². The van der Waals surface area contributed by atoms with Crippen LogP contribution in [0.5, 0.6) is 0 Å². The van der Waals surface area contributed by atoms with Crippen molar-refractivity contribution in [3.8, 4) is 0 Å². The molecule has 2 N–H and O–H groups in total. The van der Waals surface area contributed by atoms with E-state index in [-0.39, 0.29) is 0 Å². The summed E-state index contributed by atoms with van der Waals surface area (Å²) in [7, 11) is 0. The molecule has 3 aliphatic rings. The fourth-order valence-corrected chi connectivity index (χ4v) is 3.49. The molecule has 0 aromatic heterocycles. The van der Waals surface area contributed by atoms with E-state index in [0.717, 1.165) is 12.0 Å². The Balaban J connectivity index is 1.68. The van der Waals surface area contributed by atoms with Crippen LogP contribution in [-0.4, -0.2) is 29.6 Å². The molecule has 17 heavy (non-hydrogen) atoms. The van der Waals surface area contributed by atoms with Gasteiger partial charge in [-0.2, -0.15) is 0 Å². The van der Waals surface area contributed by atoms with E-state index in [4.69, 9.17) is 5.73 Å². The average molecular weight is 236 g/mol. The molecule has 2 atom stereocenters. The van der Waals surface area contributed by atoms with Crippen LogP contribution in [0, 0.1) is 11.3 Å². The standard InChI is InChI=1S/C15H28N2/c1-15(2)8-7-13(16)14(9-15)17(12-5-6-12)10-11-3-4-11/h11-14H,3-10,16H2,1-2H3. The molecule has 0 radical (unpaired) electrons. The van der Waals surface area contributed by atoms with Gasteiger partial charge in [-0.1, -0.05) is 13.8 Å². The normalized spacial score (nSPS) is 37.4. The number of hydrogen-bond acceptors (Lipinski definition) is 2. The zero-order valence-corrected chi connectivity index (χ0v) is 11.5. The van der Waals surface area contributed by atoms with Gasteiger partial charge in [0.15, 0.2) is 0 Å². The highest BCUT2D eigenvalue weighted by Gasteiger charge is 2.43. The quantitative estimate of drug-likeness (QED) is 0.813. The van der Waals surface area contributed by atoms with Crippen molar-refractivity contribution >= 4 is 0 Å². The molecule has 2 heteroatoms. The Morgan fingerprint density at radius 1 is 1.12 bits per heavy atom. The van der Waals surface area contributed by atoms with Gasteiger partial charge in [0.25, 0.3) is 0 Å². The lowest BCUT2D eigenvalue weighted by Crippen LogP contribution is -2.54. The first-order valence-corrected chi connectivity index (χ1v) is 7.56. The van der Waals surface area contributed by atoms with Gasteiger partial charge in [0.1, 0.15) is 0 Å². The Morgan fingerprint density at radius 2 is 1.82 bits per heavy atom. The van der Waals surface area contributed by atoms with Crippen LogP contribution in [-0.2, 0) is 0 Å². The van der Waals surface area contributed by atoms with Gasteiger partial charge in [0, 0.05) is 24.7 Å². The first-order valence-electron chi connectivity index (χ1n) is 7.56. The van der Waals surface area contributed by atoms with Crippen molar-refractivity contribution in [3.63, 3.8) is 0 Å². The highest BCUT2D eigenvalue weighted by atomic mass is 15.2. The van der Waals surface area contributed by atoms with Crippen molar-refractivity contribution < 1.29 is 0 Å². The van der Waals surface area contributed by atoms with Crippen molar-refractivity contribution in [2.75, 3.05) is 6.54 Å². The van der Waals surface area contributed by atoms with Crippen LogP contribution in [0.4, 0.5) is 0 Å². The molecule has 0 spiro atoms. The predicted octanol–water partition coefficient (Wildman–Crippen LogP) is 2.77. The van der Waals surface area contributed by atoms with Crippen molar-refractivity contribution in [2.45, 2.75) is 76.9 Å². The Hall–Kier alpha value is -0.0800. The molecule has 0 saturated heterocycles. The molecule has 0 aromatic rings. The van der Waals surface area contributed by atoms with E-state index >= 15 is 0 Å². The lowest BCUT2D eigenvalue weighted by atomic mass is 9.72. The lowest BCUT2D eigenvalue weighted by molar-refractivity contribution is 0.0683. The highest BCUT2D eigenvalue weighted by Crippen LogP contribution is 2.42. The molecule has 98 valence electrons. The zero-order valence-electron chi connectivity index (χ0n) is 11.5. The summed E-state index contributed by atoms with van der Waals surface area (Å²) in [5, 5.41) is 0. The Kier molecular flexibility index (Phi) is 2.99. The molecule has 3 saturated carbocycles. The van der Waals surface area contributed by atoms with Crippen molar-refractivity contribution in [2.24, 2.45) is 17.1 Å². The molecule has 2 unspecified atom stereocenters. The third-order valence-electron chi connectivity index (χ3n) is 5.02. The van der Waals surface area contributed by atoms with Crippen molar-refractivity contribution in [1.29, 1.82) is 0 Å². The van der Waals surface area contributed by atoms with Crippen LogP contribution >= 0.6 is 0 Å². The van der Waals surface area contributed by atoms with Crippen LogP contribution in [0.2, 0.25) is 0 Å². The first-order chi connectivity index (χ1) is 8.05. The zero-order chi connectivity index (χ0) is 12.0. The molecule has 3 fully saturated rings. The summed E-state index contributed by atoms with van der Waals surface area (Å²) in [6.45, 7) is 6.20. The fourth-order valence-electron chi connectivity index (χ4n) is 3.49. The van der Waals surface area contributed by atoms with E-state index in [0.29, 0.717) is 17.5 Å². The molecule has 0 aliphatic heterocycles. The van der Waals surface area contributed by atoms with Gasteiger partial charge in [0.2, 0.25) is 0 Å². The Bertz CT molecular complexity index is 279. The van der Waals surface area contributed by atoms with E-state index in [1.165, 1.54) is 51.5 Å². The van der Waals surface area contributed by atoms with Crippen molar-refractivity contribution in [3.05, 3.63) is 0 Å². The second kappa shape index (κ2) is 4.24. The average Bonchev–Trinajstić information content (AvgIpc) is 3.12. The number of rotatable bonds is 4. The Labute approximate surface area is 106 Å². The molecule has 0 aromatic carbocycles. The second-order valence-corrected chi connectivity index (χ2v) is 7.51. The smallest absolute Gasteiger partial charge is 0.0255 e. The van der Waals surface area contributed by atoms with Gasteiger partial charge >= 0.3 is 0 Å². The summed E-state index contributed by atoms with van der Waals surface area (Å²) in [6.07, 6.45) is 9.64. The summed E-state index contributed by atoms with van der Waals surface area (Å²) in [4.78, 5) is 2.81. The maximum absolute atomic E-state index is 6.42. The van der Waals surface area contributed by atoms with E-state index in [9.17, 15) is 0 Å². The van der Waals surface area contributed by atoms with E-state index in [1.54, 1.807) is 0 Å². The Morgan fingerprint density at radius 3 is 2.41 bits per heavy atom. The minimum Gasteiger partial charge on any atom is -0.326 e. The van der Waals surface area contributed by atoms with Crippen LogP contribution < -0.4 is 5.73 Å². The topological polar surface area (TPSA) is 29.3 Å². The minimum atomic E-state index is 0.433. The molecule has 0 heterocycles. The summed E-state index contributed by atoms with van der Waals surface area (Å²) in [5.41, 5.74) is 6.93. The highest BCUT2D eigenvalue weighted by molar-refractivity contribution is 4.99. The van der Waals surface area contributed by atoms with Gasteiger partial charge < -0.3 is 5.73 Å². The van der Waals surface area contributed by atoms with E-state index in [2.05, 4.69) is 18.7 Å². The third-order valence-corrected chi connectivity index (χ3v) is 5.02. The number of nitrogens with zero attached hydrogens (tertiary/aromatic N) is 1. The van der Waals surface area contributed by atoms with E-state index < -0.39 is 0 Å². The first kappa shape index (κ1) is 12.0. The predicted molar refractivity (Wildman–Crippen MR) is 71.8 cm³/mol. The van der Waals surface area contributed by atoms with Gasteiger partial charge in [0.05, 0.1) is 0 Å². The fraction of sp³-hybridized carbons (Fsp3) is 1.00. The molecule has 3 aliphatic carbocycles. The monoisotopic (exact) mass is 236 g/mol. The summed E-state index contributed by atoms with van der Waals surface area (Å²) in [5.74, 6) is 1.01. The van der Waals surface area contributed by atoms with Gasteiger partial charge in [-0.25, -0.2) is 0 Å². The third kappa shape index (κ3) is 2.85. The van der Waals surface area contributed by atoms with Crippen LogP contribution in [0.1, 0.15) is 58.8 Å². The maximum atomic E-state index is 6.42. The largest absolute Gasteiger partial charge is 0.326 e. The summed E-state index contributed by atoms with van der Waals surface area (Å²) < 4.78 is 0. The van der Waals surface area contributed by atoms with Gasteiger partial charge in [-0.05, 0) is 56.3 Å². The SMILES string of the molecule is CC1(C)CCC(N)C(N(CC2CC2)C2CC2)C1. The maximum Gasteiger partial charge on any atom is 0.0255 e. The summed E-state index contributed by atoms with van der Waals surface area (Å²) >= 11 is 0.